The van der Waals surface area contributed by atoms with E-state index < -0.39 is 0 Å². The van der Waals surface area contributed by atoms with Gasteiger partial charge in [0.1, 0.15) is 5.54 Å². The Morgan fingerprint density at radius 2 is 2.05 bits per heavy atom. The maximum atomic E-state index is 9.53. The number of nitrogens with one attached hydrogen (secondary N) is 1. The van der Waals surface area contributed by atoms with Gasteiger partial charge in [0.25, 0.3) is 0 Å². The molecule has 2 fully saturated rings. The minimum atomic E-state index is -0.295. The number of nitrogens with zero attached hydrogens (tertiary/aromatic N) is 2. The van der Waals surface area contributed by atoms with Crippen LogP contribution in [0.15, 0.2) is 0 Å². The summed E-state index contributed by atoms with van der Waals surface area (Å²) >= 11 is 0. The molecule has 2 unspecified atom stereocenters. The van der Waals surface area contributed by atoms with E-state index in [0.717, 1.165) is 51.9 Å². The molecule has 1 saturated heterocycles. The molecule has 4 heteroatoms. The van der Waals surface area contributed by atoms with Crippen LogP contribution >= 0.6 is 0 Å². The summed E-state index contributed by atoms with van der Waals surface area (Å²) in [4.78, 5) is 2.52. The number of nitriles is 1. The van der Waals surface area contributed by atoms with Crippen LogP contribution in [0, 0.1) is 11.3 Å². The lowest BCUT2D eigenvalue weighted by atomic mass is 9.79. The normalized spacial score (nSPS) is 33.3. The Labute approximate surface area is 117 Å². The zero-order valence-corrected chi connectivity index (χ0v) is 12.3. The largest absolute Gasteiger partial charge is 0.381 e. The Bertz CT molecular complexity index is 318. The van der Waals surface area contributed by atoms with Crippen molar-refractivity contribution < 1.29 is 4.74 Å². The average Bonchev–Trinajstić information content (AvgIpc) is 2.48. The van der Waals surface area contributed by atoms with Gasteiger partial charge in [-0.3, -0.25) is 5.32 Å². The van der Waals surface area contributed by atoms with Gasteiger partial charge in [0.2, 0.25) is 0 Å². The zero-order chi connectivity index (χ0) is 13.7. The van der Waals surface area contributed by atoms with Crippen molar-refractivity contribution in [2.45, 2.75) is 63.1 Å². The molecule has 0 amide bonds. The van der Waals surface area contributed by atoms with Crippen LogP contribution in [0.2, 0.25) is 0 Å². The monoisotopic (exact) mass is 265 g/mol. The Morgan fingerprint density at radius 3 is 2.68 bits per heavy atom. The van der Waals surface area contributed by atoms with Crippen molar-refractivity contribution in [3.8, 4) is 6.07 Å². The van der Waals surface area contributed by atoms with Crippen molar-refractivity contribution in [3.05, 3.63) is 0 Å². The first-order valence-corrected chi connectivity index (χ1v) is 7.67. The summed E-state index contributed by atoms with van der Waals surface area (Å²) in [6.45, 7) is 4.74. The van der Waals surface area contributed by atoms with Crippen LogP contribution in [0.4, 0.5) is 0 Å². The molecule has 0 radical (unpaired) electrons. The van der Waals surface area contributed by atoms with Crippen LogP contribution in [-0.4, -0.2) is 49.3 Å². The molecule has 0 spiro atoms. The molecule has 0 aromatic carbocycles. The summed E-state index contributed by atoms with van der Waals surface area (Å²) in [5, 5.41) is 13.0. The highest BCUT2D eigenvalue weighted by molar-refractivity contribution is 5.11. The molecule has 1 heterocycles. The predicted octanol–water partition coefficient (Wildman–Crippen LogP) is 1.91. The Morgan fingerprint density at radius 1 is 1.32 bits per heavy atom. The van der Waals surface area contributed by atoms with Gasteiger partial charge in [0, 0.05) is 25.3 Å². The summed E-state index contributed by atoms with van der Waals surface area (Å²) in [6.07, 6.45) is 6.60. The molecule has 2 aliphatic rings. The summed E-state index contributed by atoms with van der Waals surface area (Å²) in [5.74, 6) is 0. The predicted molar refractivity (Wildman–Crippen MR) is 75.9 cm³/mol. The van der Waals surface area contributed by atoms with E-state index in [-0.39, 0.29) is 5.54 Å². The molecule has 4 nitrogen and oxygen atoms in total. The minimum Gasteiger partial charge on any atom is -0.381 e. The van der Waals surface area contributed by atoms with E-state index >= 15 is 0 Å². The highest BCUT2D eigenvalue weighted by Gasteiger charge is 2.38. The van der Waals surface area contributed by atoms with Crippen molar-refractivity contribution in [2.24, 2.45) is 0 Å². The molecule has 2 atom stereocenters. The molecular weight excluding hydrogens is 238 g/mol. The molecule has 0 aromatic rings. The zero-order valence-electron chi connectivity index (χ0n) is 12.3. The van der Waals surface area contributed by atoms with Gasteiger partial charge in [-0.1, -0.05) is 6.92 Å². The first-order chi connectivity index (χ1) is 9.21. The van der Waals surface area contributed by atoms with E-state index in [9.17, 15) is 5.26 Å². The molecule has 2 rings (SSSR count). The second-order valence-electron chi connectivity index (χ2n) is 5.98. The summed E-state index contributed by atoms with van der Waals surface area (Å²) in [5.41, 5.74) is -0.295. The topological polar surface area (TPSA) is 48.3 Å². The first kappa shape index (κ1) is 14.8. The van der Waals surface area contributed by atoms with Crippen LogP contribution < -0.4 is 5.32 Å². The molecule has 1 aliphatic heterocycles. The van der Waals surface area contributed by atoms with Crippen molar-refractivity contribution >= 4 is 0 Å². The van der Waals surface area contributed by atoms with Gasteiger partial charge in [0.05, 0.1) is 6.07 Å². The average molecular weight is 265 g/mol. The Kier molecular flexibility index (Phi) is 5.20. The van der Waals surface area contributed by atoms with Crippen molar-refractivity contribution in [2.75, 3.05) is 26.8 Å². The van der Waals surface area contributed by atoms with Crippen LogP contribution in [0.5, 0.6) is 0 Å². The standard InChI is InChI=1S/C15H27N3O/c1-3-17-15(12-16)8-4-5-14(11-15)18(2)13-6-9-19-10-7-13/h13-14,17H,3-11H2,1-2H3. The van der Waals surface area contributed by atoms with Crippen LogP contribution in [0.25, 0.3) is 0 Å². The molecule has 1 aliphatic carbocycles. The summed E-state index contributed by atoms with van der Waals surface area (Å²) < 4.78 is 5.45. The van der Waals surface area contributed by atoms with Crippen LogP contribution in [-0.2, 0) is 4.74 Å². The van der Waals surface area contributed by atoms with Crippen molar-refractivity contribution in [1.82, 2.24) is 10.2 Å². The number of rotatable bonds is 4. The van der Waals surface area contributed by atoms with E-state index in [1.165, 1.54) is 6.42 Å². The highest BCUT2D eigenvalue weighted by Crippen LogP contribution is 2.32. The molecule has 1 N–H and O–H groups in total. The van der Waals surface area contributed by atoms with Crippen molar-refractivity contribution in [1.29, 1.82) is 5.26 Å². The van der Waals surface area contributed by atoms with Gasteiger partial charge in [-0.05, 0) is 52.1 Å². The number of ether oxygens (including phenoxy) is 1. The maximum absolute atomic E-state index is 9.53. The third kappa shape index (κ3) is 3.47. The lowest BCUT2D eigenvalue weighted by Gasteiger charge is -2.44. The van der Waals surface area contributed by atoms with E-state index in [1.807, 2.05) is 0 Å². The van der Waals surface area contributed by atoms with Gasteiger partial charge < -0.3 is 9.64 Å². The van der Waals surface area contributed by atoms with Gasteiger partial charge in [-0.15, -0.1) is 0 Å². The fourth-order valence-electron chi connectivity index (χ4n) is 3.62. The fourth-order valence-corrected chi connectivity index (χ4v) is 3.62. The van der Waals surface area contributed by atoms with E-state index in [1.54, 1.807) is 0 Å². The van der Waals surface area contributed by atoms with Crippen LogP contribution in [0.3, 0.4) is 0 Å². The second kappa shape index (κ2) is 6.69. The highest BCUT2D eigenvalue weighted by atomic mass is 16.5. The van der Waals surface area contributed by atoms with E-state index in [0.29, 0.717) is 12.1 Å². The van der Waals surface area contributed by atoms with E-state index in [4.69, 9.17) is 4.74 Å². The Balaban J connectivity index is 1.97. The molecular formula is C15H27N3O. The fraction of sp³-hybridized carbons (Fsp3) is 0.933. The van der Waals surface area contributed by atoms with Crippen LogP contribution in [0.1, 0.15) is 45.4 Å². The third-order valence-corrected chi connectivity index (χ3v) is 4.80. The SMILES string of the molecule is CCNC1(C#N)CCCC(N(C)C2CCOCC2)C1. The molecule has 19 heavy (non-hydrogen) atoms. The van der Waals surface area contributed by atoms with Crippen molar-refractivity contribution in [3.63, 3.8) is 0 Å². The lowest BCUT2D eigenvalue weighted by Crippen LogP contribution is -2.54. The van der Waals surface area contributed by atoms with E-state index in [2.05, 4.69) is 30.3 Å². The molecule has 0 bridgehead atoms. The maximum Gasteiger partial charge on any atom is 0.108 e. The second-order valence-corrected chi connectivity index (χ2v) is 5.98. The summed E-state index contributed by atoms with van der Waals surface area (Å²) in [6, 6.07) is 3.72. The molecule has 0 aromatic heterocycles. The van der Waals surface area contributed by atoms with Gasteiger partial charge in [0.15, 0.2) is 0 Å². The smallest absolute Gasteiger partial charge is 0.108 e. The quantitative estimate of drug-likeness (QED) is 0.843. The molecule has 1 saturated carbocycles. The lowest BCUT2D eigenvalue weighted by molar-refractivity contribution is 0.0159. The minimum absolute atomic E-state index is 0.295. The van der Waals surface area contributed by atoms with Gasteiger partial charge >= 0.3 is 0 Å². The Hall–Kier alpha value is -0.630. The van der Waals surface area contributed by atoms with Gasteiger partial charge in [-0.25, -0.2) is 0 Å². The molecule has 108 valence electrons. The number of hydrogen-bond donors (Lipinski definition) is 1. The first-order valence-electron chi connectivity index (χ1n) is 7.67. The van der Waals surface area contributed by atoms with Gasteiger partial charge in [-0.2, -0.15) is 5.26 Å². The third-order valence-electron chi connectivity index (χ3n) is 4.80. The summed E-state index contributed by atoms with van der Waals surface area (Å²) in [7, 11) is 2.24. The number of hydrogen-bond acceptors (Lipinski definition) is 4.